The van der Waals surface area contributed by atoms with Crippen molar-refractivity contribution in [2.45, 2.75) is 0 Å². The Hall–Kier alpha value is -1.67. The highest BCUT2D eigenvalue weighted by molar-refractivity contribution is 5.50. The van der Waals surface area contributed by atoms with Gasteiger partial charge in [0.25, 0.3) is 0 Å². The summed E-state index contributed by atoms with van der Waals surface area (Å²) in [6, 6.07) is 2.11. The molecule has 1 aromatic rings. The van der Waals surface area contributed by atoms with Crippen LogP contribution in [-0.2, 0) is 0 Å². The molecule has 1 N–H and O–H groups in total. The number of nitrogens with zero attached hydrogens (tertiary/aromatic N) is 4. The van der Waals surface area contributed by atoms with Gasteiger partial charge in [-0.1, -0.05) is 0 Å². The Bertz CT molecular complexity index is 426. The number of hydrogen-bond acceptors (Lipinski definition) is 5. The average Bonchev–Trinajstić information content (AvgIpc) is 2.89. The van der Waals surface area contributed by atoms with Crippen molar-refractivity contribution in [1.82, 2.24) is 15.3 Å². The fourth-order valence-electron chi connectivity index (χ4n) is 2.67. The van der Waals surface area contributed by atoms with Crippen LogP contribution in [0.3, 0.4) is 0 Å². The molecule has 3 rings (SSSR count). The van der Waals surface area contributed by atoms with E-state index >= 15 is 0 Å². The molecule has 16 heavy (non-hydrogen) atoms. The van der Waals surface area contributed by atoms with Crippen LogP contribution in [0.1, 0.15) is 5.69 Å². The first-order chi connectivity index (χ1) is 7.88. The lowest BCUT2D eigenvalue weighted by molar-refractivity contribution is 0.533. The molecule has 2 aliphatic rings. The Morgan fingerprint density at radius 2 is 1.94 bits per heavy atom. The molecule has 0 aliphatic carbocycles. The van der Waals surface area contributed by atoms with E-state index in [-0.39, 0.29) is 0 Å². The lowest BCUT2D eigenvalue weighted by atomic mass is 10.0. The maximum absolute atomic E-state index is 8.99. The summed E-state index contributed by atoms with van der Waals surface area (Å²) in [6.07, 6.45) is 3.23. The minimum Gasteiger partial charge on any atom is -0.354 e. The van der Waals surface area contributed by atoms with Crippen LogP contribution in [0.25, 0.3) is 0 Å². The summed E-state index contributed by atoms with van der Waals surface area (Å²) < 4.78 is 0. The third-order valence-corrected chi connectivity index (χ3v) is 3.47. The van der Waals surface area contributed by atoms with E-state index in [0.29, 0.717) is 17.5 Å². The topological polar surface area (TPSA) is 64.8 Å². The second-order valence-electron chi connectivity index (χ2n) is 4.42. The number of nitriles is 1. The van der Waals surface area contributed by atoms with Crippen LogP contribution in [0, 0.1) is 23.2 Å². The Kier molecular flexibility index (Phi) is 2.22. The highest BCUT2D eigenvalue weighted by Crippen LogP contribution is 2.30. The lowest BCUT2D eigenvalue weighted by Gasteiger charge is -2.18. The minimum absolute atomic E-state index is 0.440. The van der Waals surface area contributed by atoms with Gasteiger partial charge in [0, 0.05) is 38.6 Å². The molecule has 0 aromatic carbocycles. The van der Waals surface area contributed by atoms with Gasteiger partial charge in [0.15, 0.2) is 11.5 Å². The summed E-state index contributed by atoms with van der Waals surface area (Å²) in [6.45, 7) is 4.16. The van der Waals surface area contributed by atoms with Crippen molar-refractivity contribution in [2.24, 2.45) is 11.8 Å². The molecular weight excluding hydrogens is 202 g/mol. The van der Waals surface area contributed by atoms with E-state index in [1.54, 1.807) is 12.4 Å². The van der Waals surface area contributed by atoms with Crippen molar-refractivity contribution < 1.29 is 0 Å². The molecule has 3 heterocycles. The first-order valence-electron chi connectivity index (χ1n) is 5.55. The van der Waals surface area contributed by atoms with Gasteiger partial charge in [-0.2, -0.15) is 5.26 Å². The molecule has 0 amide bonds. The van der Waals surface area contributed by atoms with Crippen LogP contribution in [0.2, 0.25) is 0 Å². The van der Waals surface area contributed by atoms with Crippen LogP contribution in [0.5, 0.6) is 0 Å². The largest absolute Gasteiger partial charge is 0.354 e. The summed E-state index contributed by atoms with van der Waals surface area (Å²) in [5, 5.41) is 12.4. The first kappa shape index (κ1) is 9.55. The Labute approximate surface area is 94.1 Å². The Morgan fingerprint density at radius 3 is 2.62 bits per heavy atom. The van der Waals surface area contributed by atoms with Crippen molar-refractivity contribution in [1.29, 1.82) is 5.26 Å². The molecule has 2 unspecified atom stereocenters. The van der Waals surface area contributed by atoms with Gasteiger partial charge in [0.05, 0.1) is 0 Å². The van der Waals surface area contributed by atoms with Gasteiger partial charge in [-0.15, -0.1) is 0 Å². The SMILES string of the molecule is N#Cc1nccnc1N1CC2CNCC2C1. The van der Waals surface area contributed by atoms with Gasteiger partial charge in [-0.3, -0.25) is 0 Å². The van der Waals surface area contributed by atoms with Gasteiger partial charge >= 0.3 is 0 Å². The maximum Gasteiger partial charge on any atom is 0.183 e. The Balaban J connectivity index is 1.86. The van der Waals surface area contributed by atoms with E-state index < -0.39 is 0 Å². The van der Waals surface area contributed by atoms with Crippen molar-refractivity contribution in [3.63, 3.8) is 0 Å². The summed E-state index contributed by atoms with van der Waals surface area (Å²) in [4.78, 5) is 10.5. The fraction of sp³-hybridized carbons (Fsp3) is 0.545. The normalized spacial score (nSPS) is 27.8. The number of anilines is 1. The highest BCUT2D eigenvalue weighted by Gasteiger charge is 2.37. The number of fused-ring (bicyclic) bond motifs is 1. The van der Waals surface area contributed by atoms with Crippen molar-refractivity contribution in [3.05, 3.63) is 18.1 Å². The third kappa shape index (κ3) is 1.42. The average molecular weight is 215 g/mol. The molecule has 1 aromatic heterocycles. The molecule has 0 spiro atoms. The molecular formula is C11H13N5. The summed E-state index contributed by atoms with van der Waals surface area (Å²) in [5.41, 5.74) is 0.440. The van der Waals surface area contributed by atoms with E-state index in [1.165, 1.54) is 0 Å². The molecule has 5 heteroatoms. The fourth-order valence-corrected chi connectivity index (χ4v) is 2.67. The van der Waals surface area contributed by atoms with Crippen LogP contribution in [0.4, 0.5) is 5.82 Å². The smallest absolute Gasteiger partial charge is 0.183 e. The third-order valence-electron chi connectivity index (χ3n) is 3.47. The van der Waals surface area contributed by atoms with E-state index in [4.69, 9.17) is 5.26 Å². The summed E-state index contributed by atoms with van der Waals surface area (Å²) in [5.74, 6) is 2.15. The first-order valence-corrected chi connectivity index (χ1v) is 5.55. The van der Waals surface area contributed by atoms with Gasteiger partial charge in [-0.05, 0) is 11.8 Å². The predicted octanol–water partition coefficient (Wildman–Crippen LogP) is 0.00388. The monoisotopic (exact) mass is 215 g/mol. The standard InChI is InChI=1S/C11H13N5/c12-3-10-11(15-2-1-14-10)16-6-8-4-13-5-9(8)7-16/h1-2,8-9,13H,4-7H2. The summed E-state index contributed by atoms with van der Waals surface area (Å²) in [7, 11) is 0. The molecule has 0 saturated carbocycles. The van der Waals surface area contributed by atoms with Crippen molar-refractivity contribution in [2.75, 3.05) is 31.1 Å². The molecule has 0 radical (unpaired) electrons. The van der Waals surface area contributed by atoms with Gasteiger partial charge < -0.3 is 10.2 Å². The molecule has 2 fully saturated rings. The molecule has 5 nitrogen and oxygen atoms in total. The van der Waals surface area contributed by atoms with Crippen LogP contribution < -0.4 is 10.2 Å². The molecule has 82 valence electrons. The van der Waals surface area contributed by atoms with Gasteiger partial charge in [0.1, 0.15) is 6.07 Å². The van der Waals surface area contributed by atoms with Gasteiger partial charge in [-0.25, -0.2) is 9.97 Å². The number of rotatable bonds is 1. The number of hydrogen-bond donors (Lipinski definition) is 1. The van der Waals surface area contributed by atoms with E-state index in [1.807, 2.05) is 0 Å². The highest BCUT2D eigenvalue weighted by atomic mass is 15.2. The molecule has 2 atom stereocenters. The van der Waals surface area contributed by atoms with E-state index in [2.05, 4.69) is 26.3 Å². The van der Waals surface area contributed by atoms with Crippen LogP contribution in [-0.4, -0.2) is 36.1 Å². The zero-order chi connectivity index (χ0) is 11.0. The molecule has 0 bridgehead atoms. The molecule has 2 saturated heterocycles. The maximum atomic E-state index is 8.99. The molecule has 2 aliphatic heterocycles. The predicted molar refractivity (Wildman–Crippen MR) is 58.8 cm³/mol. The van der Waals surface area contributed by atoms with E-state index in [9.17, 15) is 0 Å². The van der Waals surface area contributed by atoms with Crippen molar-refractivity contribution in [3.8, 4) is 6.07 Å². The van der Waals surface area contributed by atoms with Crippen molar-refractivity contribution >= 4 is 5.82 Å². The number of nitrogens with one attached hydrogen (secondary N) is 1. The zero-order valence-electron chi connectivity index (χ0n) is 8.93. The van der Waals surface area contributed by atoms with Gasteiger partial charge in [0.2, 0.25) is 0 Å². The minimum atomic E-state index is 0.440. The summed E-state index contributed by atoms with van der Waals surface area (Å²) >= 11 is 0. The quantitative estimate of drug-likeness (QED) is 0.714. The lowest BCUT2D eigenvalue weighted by Crippen LogP contribution is -2.27. The van der Waals surface area contributed by atoms with Crippen LogP contribution in [0.15, 0.2) is 12.4 Å². The second-order valence-corrected chi connectivity index (χ2v) is 4.42. The number of aromatic nitrogens is 2. The Morgan fingerprint density at radius 1 is 1.25 bits per heavy atom. The van der Waals surface area contributed by atoms with Crippen LogP contribution >= 0.6 is 0 Å². The second kappa shape index (κ2) is 3.72. The zero-order valence-corrected chi connectivity index (χ0v) is 8.93. The van der Waals surface area contributed by atoms with E-state index in [0.717, 1.165) is 32.0 Å².